The van der Waals surface area contributed by atoms with Gasteiger partial charge in [0, 0.05) is 18.2 Å². The van der Waals surface area contributed by atoms with Crippen LogP contribution in [0, 0.1) is 0 Å². The molecule has 0 bridgehead atoms. The monoisotopic (exact) mass is 243 g/mol. The summed E-state index contributed by atoms with van der Waals surface area (Å²) < 4.78 is 1.56. The van der Waals surface area contributed by atoms with Crippen LogP contribution in [0.5, 0.6) is 0 Å². The number of hydrogen-bond donors (Lipinski definition) is 1. The first-order valence-corrected chi connectivity index (χ1v) is 5.58. The number of allylic oxidation sites excluding steroid dienone is 1. The van der Waals surface area contributed by atoms with E-state index < -0.39 is 5.97 Å². The molecule has 18 heavy (non-hydrogen) atoms. The van der Waals surface area contributed by atoms with E-state index in [1.807, 2.05) is 24.3 Å². The summed E-state index contributed by atoms with van der Waals surface area (Å²) in [7, 11) is 0. The summed E-state index contributed by atoms with van der Waals surface area (Å²) >= 11 is 0. The lowest BCUT2D eigenvalue weighted by molar-refractivity contribution is -0.132. The molecule has 2 rings (SSSR count). The zero-order chi connectivity index (χ0) is 13.1. The van der Waals surface area contributed by atoms with Crippen LogP contribution in [-0.4, -0.2) is 15.6 Å². The van der Waals surface area contributed by atoms with Gasteiger partial charge in [-0.3, -0.25) is 4.79 Å². The summed E-state index contributed by atoms with van der Waals surface area (Å²) in [5.74, 6) is -0.969. The predicted octanol–water partition coefficient (Wildman–Crippen LogP) is 2.03. The molecule has 0 aliphatic carbocycles. The van der Waals surface area contributed by atoms with Gasteiger partial charge in [0.05, 0.1) is 5.52 Å². The third-order valence-corrected chi connectivity index (χ3v) is 2.82. The average Bonchev–Trinajstić information content (AvgIpc) is 2.37. The van der Waals surface area contributed by atoms with Crippen molar-refractivity contribution in [3.05, 3.63) is 58.4 Å². The Balaban J connectivity index is 2.50. The Hall–Kier alpha value is -2.36. The van der Waals surface area contributed by atoms with E-state index in [0.717, 1.165) is 10.9 Å². The van der Waals surface area contributed by atoms with Crippen molar-refractivity contribution in [1.82, 2.24) is 4.57 Å². The van der Waals surface area contributed by atoms with Crippen molar-refractivity contribution in [1.29, 1.82) is 0 Å². The Morgan fingerprint density at radius 1 is 1.28 bits per heavy atom. The van der Waals surface area contributed by atoms with Crippen molar-refractivity contribution in [3.8, 4) is 0 Å². The number of carboxylic acids is 1. The van der Waals surface area contributed by atoms with Crippen molar-refractivity contribution in [3.63, 3.8) is 0 Å². The van der Waals surface area contributed by atoms with Gasteiger partial charge in [0.2, 0.25) is 0 Å². The van der Waals surface area contributed by atoms with Gasteiger partial charge in [-0.05, 0) is 24.4 Å². The number of fused-ring (bicyclic) bond motifs is 1. The molecular weight excluding hydrogens is 230 g/mol. The number of nitrogens with zero attached hydrogens (tertiary/aromatic N) is 1. The molecule has 0 unspecified atom stereocenters. The van der Waals surface area contributed by atoms with Crippen LogP contribution in [0.4, 0.5) is 0 Å². The van der Waals surface area contributed by atoms with E-state index in [4.69, 9.17) is 5.11 Å². The molecule has 1 N–H and O–H groups in total. The molecule has 0 fully saturated rings. The number of hydrogen-bond acceptors (Lipinski definition) is 2. The number of rotatable bonds is 3. The zero-order valence-electron chi connectivity index (χ0n) is 9.96. The second-order valence-corrected chi connectivity index (χ2v) is 4.03. The first-order chi connectivity index (χ1) is 8.59. The van der Waals surface area contributed by atoms with E-state index in [0.29, 0.717) is 0 Å². The van der Waals surface area contributed by atoms with Gasteiger partial charge >= 0.3 is 5.97 Å². The van der Waals surface area contributed by atoms with Crippen molar-refractivity contribution < 1.29 is 9.90 Å². The first-order valence-electron chi connectivity index (χ1n) is 5.58. The van der Waals surface area contributed by atoms with Crippen molar-refractivity contribution in [2.45, 2.75) is 13.5 Å². The molecule has 0 radical (unpaired) electrons. The molecule has 1 heterocycles. The van der Waals surface area contributed by atoms with Gasteiger partial charge in [-0.15, -0.1) is 0 Å². The fourth-order valence-electron chi connectivity index (χ4n) is 1.75. The molecule has 2 aromatic rings. The molecule has 1 aromatic heterocycles. The third kappa shape index (κ3) is 2.32. The summed E-state index contributed by atoms with van der Waals surface area (Å²) in [5.41, 5.74) is 0.900. The summed E-state index contributed by atoms with van der Waals surface area (Å²) in [5, 5.41) is 9.74. The SMILES string of the molecule is CC(=CCn1c(=O)ccc2ccccc21)C(=O)O. The maximum Gasteiger partial charge on any atom is 0.331 e. The molecule has 0 aliphatic heterocycles. The van der Waals surface area contributed by atoms with Crippen LogP contribution in [0.15, 0.2) is 52.8 Å². The smallest absolute Gasteiger partial charge is 0.331 e. The normalized spacial score (nSPS) is 11.7. The highest BCUT2D eigenvalue weighted by molar-refractivity contribution is 5.85. The highest BCUT2D eigenvalue weighted by Crippen LogP contribution is 2.11. The fourth-order valence-corrected chi connectivity index (χ4v) is 1.75. The summed E-state index contributed by atoms with van der Waals surface area (Å²) in [6, 6.07) is 10.8. The lowest BCUT2D eigenvalue weighted by atomic mass is 10.2. The lowest BCUT2D eigenvalue weighted by Gasteiger charge is -2.07. The quantitative estimate of drug-likeness (QED) is 0.839. The molecular formula is C14H13NO3. The van der Waals surface area contributed by atoms with Crippen LogP contribution >= 0.6 is 0 Å². The minimum Gasteiger partial charge on any atom is -0.478 e. The molecule has 0 aliphatic rings. The average molecular weight is 243 g/mol. The molecule has 92 valence electrons. The number of pyridine rings is 1. The minimum atomic E-state index is -0.969. The lowest BCUT2D eigenvalue weighted by Crippen LogP contribution is -2.18. The maximum atomic E-state index is 11.8. The molecule has 0 saturated heterocycles. The van der Waals surface area contributed by atoms with Crippen molar-refractivity contribution >= 4 is 16.9 Å². The first kappa shape index (κ1) is 12.1. The second kappa shape index (κ2) is 4.87. The molecule has 0 atom stereocenters. The summed E-state index contributed by atoms with van der Waals surface area (Å²) in [6.07, 6.45) is 1.54. The zero-order valence-corrected chi connectivity index (χ0v) is 9.96. The molecule has 0 saturated carbocycles. The largest absolute Gasteiger partial charge is 0.478 e. The number of benzene rings is 1. The molecule has 4 nitrogen and oxygen atoms in total. The number of carbonyl (C=O) groups is 1. The van der Waals surface area contributed by atoms with Gasteiger partial charge in [0.1, 0.15) is 0 Å². The van der Waals surface area contributed by atoms with Crippen LogP contribution in [-0.2, 0) is 11.3 Å². The highest BCUT2D eigenvalue weighted by atomic mass is 16.4. The predicted molar refractivity (Wildman–Crippen MR) is 69.6 cm³/mol. The van der Waals surface area contributed by atoms with Crippen LogP contribution in [0.1, 0.15) is 6.92 Å². The van der Waals surface area contributed by atoms with Gasteiger partial charge in [-0.25, -0.2) is 4.79 Å². The minimum absolute atomic E-state index is 0.136. The Morgan fingerprint density at radius 3 is 2.72 bits per heavy atom. The molecule has 4 heteroatoms. The third-order valence-electron chi connectivity index (χ3n) is 2.82. The van der Waals surface area contributed by atoms with Crippen LogP contribution < -0.4 is 5.56 Å². The Bertz CT molecular complexity index is 683. The maximum absolute atomic E-state index is 11.8. The molecule has 1 aromatic carbocycles. The van der Waals surface area contributed by atoms with E-state index in [1.54, 1.807) is 10.6 Å². The van der Waals surface area contributed by atoms with Crippen LogP contribution in [0.25, 0.3) is 10.9 Å². The van der Waals surface area contributed by atoms with Gasteiger partial charge in [-0.2, -0.15) is 0 Å². The number of para-hydroxylation sites is 1. The van der Waals surface area contributed by atoms with Crippen molar-refractivity contribution in [2.75, 3.05) is 0 Å². The Kier molecular flexibility index (Phi) is 3.28. The van der Waals surface area contributed by atoms with Gasteiger partial charge in [0.15, 0.2) is 0 Å². The van der Waals surface area contributed by atoms with E-state index in [2.05, 4.69) is 0 Å². The second-order valence-electron chi connectivity index (χ2n) is 4.03. The van der Waals surface area contributed by atoms with E-state index in [1.165, 1.54) is 19.1 Å². The molecule has 0 amide bonds. The van der Waals surface area contributed by atoms with E-state index >= 15 is 0 Å². The summed E-state index contributed by atoms with van der Waals surface area (Å²) in [4.78, 5) is 22.5. The van der Waals surface area contributed by atoms with E-state index in [-0.39, 0.29) is 17.7 Å². The Morgan fingerprint density at radius 2 is 2.00 bits per heavy atom. The number of carboxylic acid groups (broad SMARTS) is 1. The van der Waals surface area contributed by atoms with Gasteiger partial charge in [-0.1, -0.05) is 24.3 Å². The number of aliphatic carboxylic acids is 1. The fraction of sp³-hybridized carbons (Fsp3) is 0.143. The van der Waals surface area contributed by atoms with Crippen LogP contribution in [0.3, 0.4) is 0 Å². The van der Waals surface area contributed by atoms with Gasteiger partial charge < -0.3 is 9.67 Å². The van der Waals surface area contributed by atoms with Gasteiger partial charge in [0.25, 0.3) is 5.56 Å². The Labute approximate surface area is 104 Å². The topological polar surface area (TPSA) is 59.3 Å². The van der Waals surface area contributed by atoms with E-state index in [9.17, 15) is 9.59 Å². The molecule has 0 spiro atoms. The summed E-state index contributed by atoms with van der Waals surface area (Å²) in [6.45, 7) is 1.77. The highest BCUT2D eigenvalue weighted by Gasteiger charge is 2.03. The van der Waals surface area contributed by atoms with Crippen molar-refractivity contribution in [2.24, 2.45) is 0 Å². The standard InChI is InChI=1S/C14H13NO3/c1-10(14(17)18)8-9-15-12-5-3-2-4-11(12)6-7-13(15)16/h2-8H,9H2,1H3,(H,17,18). The van der Waals surface area contributed by atoms with Crippen LogP contribution in [0.2, 0.25) is 0 Å². The number of aromatic nitrogens is 1.